The molecule has 0 aliphatic carbocycles. The molecule has 0 aliphatic rings. The van der Waals surface area contributed by atoms with Gasteiger partial charge in [0, 0.05) is 33.9 Å². The van der Waals surface area contributed by atoms with Crippen molar-refractivity contribution in [3.8, 4) is 11.3 Å². The van der Waals surface area contributed by atoms with E-state index >= 15 is 0 Å². The number of benzene rings is 1. The zero-order chi connectivity index (χ0) is 19.5. The van der Waals surface area contributed by atoms with E-state index in [-0.39, 0.29) is 5.41 Å². The minimum absolute atomic E-state index is 0.0154. The maximum absolute atomic E-state index is 5.02. The van der Waals surface area contributed by atoms with Crippen molar-refractivity contribution in [2.24, 2.45) is 0 Å². The summed E-state index contributed by atoms with van der Waals surface area (Å²) in [5.41, 5.74) is 10.6. The van der Waals surface area contributed by atoms with Crippen LogP contribution in [-0.4, -0.2) is 14.4 Å². The first kappa shape index (κ1) is 17.7. The maximum atomic E-state index is 5.02. The fraction of sp³-hybridized carbons (Fsp3) is 0.333. The number of aromatic nitrogens is 3. The highest BCUT2D eigenvalue weighted by molar-refractivity contribution is 5.95. The van der Waals surface area contributed by atoms with Gasteiger partial charge in [-0.05, 0) is 57.0 Å². The van der Waals surface area contributed by atoms with Gasteiger partial charge in [-0.25, -0.2) is 4.98 Å². The van der Waals surface area contributed by atoms with E-state index in [1.807, 2.05) is 6.20 Å². The number of nitrogens with zero attached hydrogens (tertiary/aromatic N) is 3. The molecule has 3 heteroatoms. The lowest BCUT2D eigenvalue weighted by atomic mass is 9.91. The van der Waals surface area contributed by atoms with Crippen molar-refractivity contribution in [3.05, 3.63) is 64.6 Å². The van der Waals surface area contributed by atoms with Crippen LogP contribution in [0.4, 0.5) is 0 Å². The highest BCUT2D eigenvalue weighted by atomic mass is 15.0. The van der Waals surface area contributed by atoms with Gasteiger partial charge in [0.25, 0.3) is 0 Å². The Morgan fingerprint density at radius 1 is 0.889 bits per heavy atom. The molecule has 4 aromatic rings. The summed E-state index contributed by atoms with van der Waals surface area (Å²) in [5, 5.41) is 1.10. The van der Waals surface area contributed by atoms with Crippen LogP contribution < -0.4 is 0 Å². The lowest BCUT2D eigenvalue weighted by molar-refractivity contribution is 0.571. The number of hydrogen-bond acceptors (Lipinski definition) is 2. The van der Waals surface area contributed by atoms with Gasteiger partial charge in [0.2, 0.25) is 0 Å². The first-order valence-corrected chi connectivity index (χ1v) is 9.53. The number of fused-ring (bicyclic) bond motifs is 3. The summed E-state index contributed by atoms with van der Waals surface area (Å²) < 4.78 is 2.27. The molecule has 4 rings (SSSR count). The molecule has 0 N–H and O–H groups in total. The molecular weight excluding hydrogens is 330 g/mol. The third-order valence-electron chi connectivity index (χ3n) is 5.32. The smallest absolute Gasteiger partial charge is 0.146 e. The number of aryl methyl sites for hydroxylation is 4. The molecule has 0 amide bonds. The Balaban J connectivity index is 2.14. The van der Waals surface area contributed by atoms with E-state index in [0.29, 0.717) is 0 Å². The fourth-order valence-corrected chi connectivity index (χ4v) is 4.08. The van der Waals surface area contributed by atoms with Gasteiger partial charge in [-0.1, -0.05) is 38.5 Å². The van der Waals surface area contributed by atoms with Gasteiger partial charge in [0.15, 0.2) is 0 Å². The number of rotatable bonds is 1. The molecule has 3 nitrogen and oxygen atoms in total. The van der Waals surface area contributed by atoms with Crippen molar-refractivity contribution < 1.29 is 0 Å². The van der Waals surface area contributed by atoms with Crippen LogP contribution in [0.25, 0.3) is 27.8 Å². The second kappa shape index (κ2) is 5.91. The molecule has 3 heterocycles. The van der Waals surface area contributed by atoms with Crippen LogP contribution in [0.3, 0.4) is 0 Å². The van der Waals surface area contributed by atoms with Gasteiger partial charge in [-0.15, -0.1) is 0 Å². The molecule has 138 valence electrons. The normalized spacial score (nSPS) is 12.3. The van der Waals surface area contributed by atoms with Gasteiger partial charge in [-0.3, -0.25) is 9.38 Å². The van der Waals surface area contributed by atoms with E-state index < -0.39 is 0 Å². The Kier molecular flexibility index (Phi) is 3.88. The summed E-state index contributed by atoms with van der Waals surface area (Å²) in [5.74, 6) is 0. The van der Waals surface area contributed by atoms with Crippen molar-refractivity contribution in [2.45, 2.75) is 53.9 Å². The number of hydrogen-bond donors (Lipinski definition) is 0. The van der Waals surface area contributed by atoms with Crippen LogP contribution in [0.5, 0.6) is 0 Å². The maximum Gasteiger partial charge on any atom is 0.146 e. The Morgan fingerprint density at radius 3 is 2.19 bits per heavy atom. The molecule has 0 saturated carbocycles. The van der Waals surface area contributed by atoms with Crippen molar-refractivity contribution in [1.82, 2.24) is 14.4 Å². The molecule has 1 aromatic carbocycles. The molecular formula is C24H27N3. The standard InChI is InChI=1S/C24H27N3/c1-14-10-15(2)22(16(3)11-14)20-12-19-18(23-25-13-17(4)27(20)23)8-9-21(26-19)24(5,6)7/h8-13H,1-7H3. The lowest BCUT2D eigenvalue weighted by Gasteiger charge is -2.19. The largest absolute Gasteiger partial charge is 0.296 e. The predicted octanol–water partition coefficient (Wildman–Crippen LogP) is 6.08. The molecule has 0 bridgehead atoms. The summed E-state index contributed by atoms with van der Waals surface area (Å²) in [4.78, 5) is 9.74. The van der Waals surface area contributed by atoms with Crippen molar-refractivity contribution in [3.63, 3.8) is 0 Å². The summed E-state index contributed by atoms with van der Waals surface area (Å²) in [6.07, 6.45) is 1.95. The molecule has 27 heavy (non-hydrogen) atoms. The molecule has 0 fully saturated rings. The summed E-state index contributed by atoms with van der Waals surface area (Å²) in [7, 11) is 0. The Morgan fingerprint density at radius 2 is 1.56 bits per heavy atom. The summed E-state index contributed by atoms with van der Waals surface area (Å²) in [6.45, 7) is 15.3. The minimum atomic E-state index is 0.0154. The number of pyridine rings is 2. The van der Waals surface area contributed by atoms with E-state index in [9.17, 15) is 0 Å². The Hall–Kier alpha value is -2.68. The molecule has 0 saturated heterocycles. The average molecular weight is 358 g/mol. The Labute approximate surface area is 161 Å². The molecule has 0 unspecified atom stereocenters. The second-order valence-corrected chi connectivity index (χ2v) is 8.74. The Bertz CT molecular complexity index is 1170. The zero-order valence-corrected chi connectivity index (χ0v) is 17.3. The first-order valence-electron chi connectivity index (χ1n) is 9.53. The first-order chi connectivity index (χ1) is 12.7. The molecule has 0 radical (unpaired) electrons. The quantitative estimate of drug-likeness (QED) is 0.413. The zero-order valence-electron chi connectivity index (χ0n) is 17.3. The van der Waals surface area contributed by atoms with Gasteiger partial charge in [-0.2, -0.15) is 0 Å². The lowest BCUT2D eigenvalue weighted by Crippen LogP contribution is -2.13. The van der Waals surface area contributed by atoms with Crippen LogP contribution >= 0.6 is 0 Å². The van der Waals surface area contributed by atoms with Gasteiger partial charge >= 0.3 is 0 Å². The van der Waals surface area contributed by atoms with Crippen LogP contribution in [0.15, 0.2) is 36.5 Å². The highest BCUT2D eigenvalue weighted by Gasteiger charge is 2.19. The topological polar surface area (TPSA) is 30.2 Å². The van der Waals surface area contributed by atoms with Crippen LogP contribution in [0.1, 0.15) is 48.8 Å². The van der Waals surface area contributed by atoms with Crippen molar-refractivity contribution >= 4 is 16.6 Å². The average Bonchev–Trinajstić information content (AvgIpc) is 2.95. The minimum Gasteiger partial charge on any atom is -0.296 e. The molecule has 0 aliphatic heterocycles. The van der Waals surface area contributed by atoms with Gasteiger partial charge < -0.3 is 0 Å². The predicted molar refractivity (Wildman–Crippen MR) is 114 cm³/mol. The van der Waals surface area contributed by atoms with Gasteiger partial charge in [0.05, 0.1) is 11.2 Å². The van der Waals surface area contributed by atoms with Crippen molar-refractivity contribution in [1.29, 1.82) is 0 Å². The summed E-state index contributed by atoms with van der Waals surface area (Å²) >= 11 is 0. The molecule has 0 atom stereocenters. The number of imidazole rings is 1. The second-order valence-electron chi connectivity index (χ2n) is 8.74. The third-order valence-corrected chi connectivity index (χ3v) is 5.32. The molecule has 0 spiro atoms. The highest BCUT2D eigenvalue weighted by Crippen LogP contribution is 2.34. The summed E-state index contributed by atoms with van der Waals surface area (Å²) in [6, 6.07) is 11.0. The van der Waals surface area contributed by atoms with Crippen LogP contribution in [0.2, 0.25) is 0 Å². The van der Waals surface area contributed by atoms with E-state index in [2.05, 4.69) is 83.2 Å². The monoisotopic (exact) mass is 357 g/mol. The van der Waals surface area contributed by atoms with Crippen LogP contribution in [-0.2, 0) is 5.41 Å². The molecule has 3 aromatic heterocycles. The van der Waals surface area contributed by atoms with Crippen molar-refractivity contribution in [2.75, 3.05) is 0 Å². The van der Waals surface area contributed by atoms with E-state index in [0.717, 1.165) is 27.9 Å². The van der Waals surface area contributed by atoms with E-state index in [4.69, 9.17) is 9.97 Å². The van der Waals surface area contributed by atoms with Gasteiger partial charge in [0.1, 0.15) is 5.65 Å². The SMILES string of the molecule is Cc1cc(C)c(-c2cc3nc(C(C)(C)C)ccc3c3ncc(C)n23)c(C)c1. The third kappa shape index (κ3) is 2.82. The fourth-order valence-electron chi connectivity index (χ4n) is 4.08. The van der Waals surface area contributed by atoms with E-state index in [1.165, 1.54) is 27.9 Å². The van der Waals surface area contributed by atoms with E-state index in [1.54, 1.807) is 0 Å². The van der Waals surface area contributed by atoms with Crippen LogP contribution in [0, 0.1) is 27.7 Å².